The minimum Gasteiger partial charge on any atom is -0.388 e. The zero-order valence-electron chi connectivity index (χ0n) is 12.0. The smallest absolute Gasteiger partial charge is 0.315 e. The van der Waals surface area contributed by atoms with Crippen molar-refractivity contribution in [3.8, 4) is 0 Å². The van der Waals surface area contributed by atoms with Crippen LogP contribution in [0.1, 0.15) is 44.2 Å². The summed E-state index contributed by atoms with van der Waals surface area (Å²) >= 11 is 5.96. The van der Waals surface area contributed by atoms with Crippen LogP contribution in [0.5, 0.6) is 0 Å². The lowest BCUT2D eigenvalue weighted by Gasteiger charge is -2.23. The highest BCUT2D eigenvalue weighted by atomic mass is 35.5. The van der Waals surface area contributed by atoms with Gasteiger partial charge in [0.15, 0.2) is 0 Å². The van der Waals surface area contributed by atoms with Gasteiger partial charge in [-0.05, 0) is 37.5 Å². The summed E-state index contributed by atoms with van der Waals surface area (Å²) in [6.45, 7) is 2.01. The zero-order valence-corrected chi connectivity index (χ0v) is 12.7. The number of nitrogens with one attached hydrogen (secondary N) is 2. The summed E-state index contributed by atoms with van der Waals surface area (Å²) in [5.41, 5.74) is -0.138. The van der Waals surface area contributed by atoms with E-state index in [0.717, 1.165) is 12.8 Å². The number of hydrogen-bond donors (Lipinski definition) is 3. The van der Waals surface area contributed by atoms with E-state index in [0.29, 0.717) is 18.4 Å². The SMILES string of the molecule is CC(NC(=O)NCC1(O)CCCC1)c1ccc(F)cc1Cl. The van der Waals surface area contributed by atoms with Crippen molar-refractivity contribution < 1.29 is 14.3 Å². The highest BCUT2D eigenvalue weighted by molar-refractivity contribution is 6.31. The highest BCUT2D eigenvalue weighted by Gasteiger charge is 2.31. The maximum absolute atomic E-state index is 13.0. The van der Waals surface area contributed by atoms with E-state index in [4.69, 9.17) is 11.6 Å². The number of rotatable bonds is 4. The summed E-state index contributed by atoms with van der Waals surface area (Å²) in [7, 11) is 0. The fourth-order valence-corrected chi connectivity index (χ4v) is 2.96. The summed E-state index contributed by atoms with van der Waals surface area (Å²) in [6, 6.07) is 3.35. The van der Waals surface area contributed by atoms with Gasteiger partial charge in [0.05, 0.1) is 11.6 Å². The number of halogens is 2. The molecule has 2 amide bonds. The maximum atomic E-state index is 13.0. The molecule has 4 nitrogen and oxygen atoms in total. The third kappa shape index (κ3) is 4.32. The van der Waals surface area contributed by atoms with Crippen LogP contribution in [0.15, 0.2) is 18.2 Å². The van der Waals surface area contributed by atoms with Crippen LogP contribution >= 0.6 is 11.6 Å². The van der Waals surface area contributed by atoms with Crippen LogP contribution in [-0.4, -0.2) is 23.3 Å². The normalized spacial score (nSPS) is 18.3. The van der Waals surface area contributed by atoms with E-state index in [1.54, 1.807) is 13.0 Å². The molecule has 0 bridgehead atoms. The van der Waals surface area contributed by atoms with Crippen LogP contribution in [0.2, 0.25) is 5.02 Å². The van der Waals surface area contributed by atoms with Crippen LogP contribution < -0.4 is 10.6 Å². The molecule has 0 aliphatic heterocycles. The minimum atomic E-state index is -0.784. The Hall–Kier alpha value is -1.33. The molecule has 1 aliphatic carbocycles. The number of urea groups is 1. The van der Waals surface area contributed by atoms with Crippen molar-refractivity contribution in [3.05, 3.63) is 34.6 Å². The number of hydrogen-bond acceptors (Lipinski definition) is 2. The van der Waals surface area contributed by atoms with Gasteiger partial charge in [0.2, 0.25) is 0 Å². The monoisotopic (exact) mass is 314 g/mol. The summed E-state index contributed by atoms with van der Waals surface area (Å²) in [5.74, 6) is -0.413. The Morgan fingerprint density at radius 2 is 2.14 bits per heavy atom. The standard InChI is InChI=1S/C15H20ClFN2O2/c1-10(12-5-4-11(17)8-13(12)16)19-14(20)18-9-15(21)6-2-3-7-15/h4-5,8,10,21H,2-3,6-7,9H2,1H3,(H2,18,19,20). The number of carbonyl (C=O) groups excluding carboxylic acids is 1. The quantitative estimate of drug-likeness (QED) is 0.799. The first-order valence-electron chi connectivity index (χ1n) is 7.11. The molecule has 0 aromatic heterocycles. The van der Waals surface area contributed by atoms with Gasteiger partial charge < -0.3 is 15.7 Å². The molecule has 0 heterocycles. The number of amides is 2. The van der Waals surface area contributed by atoms with E-state index in [-0.39, 0.29) is 23.6 Å². The number of aliphatic hydroxyl groups is 1. The van der Waals surface area contributed by atoms with Crippen LogP contribution in [0.4, 0.5) is 9.18 Å². The molecule has 1 unspecified atom stereocenters. The van der Waals surface area contributed by atoms with E-state index >= 15 is 0 Å². The molecule has 1 saturated carbocycles. The summed E-state index contributed by atoms with van der Waals surface area (Å²) in [4.78, 5) is 11.9. The Balaban J connectivity index is 1.87. The highest BCUT2D eigenvalue weighted by Crippen LogP contribution is 2.28. The molecular formula is C15H20ClFN2O2. The average Bonchev–Trinajstić information content (AvgIpc) is 2.84. The maximum Gasteiger partial charge on any atom is 0.315 e. The van der Waals surface area contributed by atoms with Crippen molar-refractivity contribution in [2.45, 2.75) is 44.2 Å². The number of benzene rings is 1. The molecule has 1 fully saturated rings. The van der Waals surface area contributed by atoms with Crippen molar-refractivity contribution in [3.63, 3.8) is 0 Å². The molecule has 0 saturated heterocycles. The molecule has 1 aromatic rings. The van der Waals surface area contributed by atoms with Gasteiger partial charge in [0.1, 0.15) is 5.82 Å². The van der Waals surface area contributed by atoms with Gasteiger partial charge in [-0.25, -0.2) is 9.18 Å². The zero-order chi connectivity index (χ0) is 15.5. The van der Waals surface area contributed by atoms with Crippen LogP contribution in [0.3, 0.4) is 0 Å². The Morgan fingerprint density at radius 3 is 2.76 bits per heavy atom. The first-order valence-corrected chi connectivity index (χ1v) is 7.49. The Bertz CT molecular complexity index is 518. The molecule has 0 radical (unpaired) electrons. The first-order chi connectivity index (χ1) is 9.89. The predicted molar refractivity (Wildman–Crippen MR) is 79.8 cm³/mol. The molecule has 1 aromatic carbocycles. The van der Waals surface area contributed by atoms with E-state index < -0.39 is 11.4 Å². The molecule has 1 atom stereocenters. The molecule has 21 heavy (non-hydrogen) atoms. The Kier molecular flexibility index (Phi) is 5.06. The molecule has 0 spiro atoms. The summed E-state index contributed by atoms with van der Waals surface area (Å²) < 4.78 is 13.0. The van der Waals surface area contributed by atoms with Gasteiger partial charge >= 0.3 is 6.03 Å². The lowest BCUT2D eigenvalue weighted by molar-refractivity contribution is 0.0500. The fourth-order valence-electron chi connectivity index (χ4n) is 2.63. The van der Waals surface area contributed by atoms with E-state index in [1.807, 2.05) is 0 Å². The van der Waals surface area contributed by atoms with Gasteiger partial charge in [-0.2, -0.15) is 0 Å². The molecule has 1 aliphatic rings. The molecule has 6 heteroatoms. The van der Waals surface area contributed by atoms with Crippen molar-refractivity contribution in [1.82, 2.24) is 10.6 Å². The van der Waals surface area contributed by atoms with Crippen LogP contribution in [-0.2, 0) is 0 Å². The van der Waals surface area contributed by atoms with Gasteiger partial charge in [-0.15, -0.1) is 0 Å². The van der Waals surface area contributed by atoms with Crippen molar-refractivity contribution in [1.29, 1.82) is 0 Å². The third-order valence-corrected chi connectivity index (χ3v) is 4.22. The lowest BCUT2D eigenvalue weighted by atomic mass is 10.0. The first kappa shape index (κ1) is 16.0. The van der Waals surface area contributed by atoms with Gasteiger partial charge in [0.25, 0.3) is 0 Å². The van der Waals surface area contributed by atoms with Gasteiger partial charge in [-0.1, -0.05) is 30.5 Å². The van der Waals surface area contributed by atoms with Gasteiger partial charge in [-0.3, -0.25) is 0 Å². The number of carbonyl (C=O) groups is 1. The fraction of sp³-hybridized carbons (Fsp3) is 0.533. The molecule has 3 N–H and O–H groups in total. The Labute approximate surface area is 128 Å². The van der Waals surface area contributed by atoms with Gasteiger partial charge in [0, 0.05) is 11.6 Å². The van der Waals surface area contributed by atoms with Crippen LogP contribution in [0, 0.1) is 5.82 Å². The Morgan fingerprint density at radius 1 is 1.48 bits per heavy atom. The van der Waals surface area contributed by atoms with Crippen LogP contribution in [0.25, 0.3) is 0 Å². The molecule has 116 valence electrons. The second-order valence-electron chi connectivity index (χ2n) is 5.65. The topological polar surface area (TPSA) is 61.4 Å². The van der Waals surface area contributed by atoms with E-state index in [1.165, 1.54) is 12.1 Å². The second-order valence-corrected chi connectivity index (χ2v) is 6.05. The van der Waals surface area contributed by atoms with Crippen molar-refractivity contribution in [2.24, 2.45) is 0 Å². The van der Waals surface area contributed by atoms with E-state index in [2.05, 4.69) is 10.6 Å². The third-order valence-electron chi connectivity index (χ3n) is 3.89. The average molecular weight is 315 g/mol. The lowest BCUT2D eigenvalue weighted by Crippen LogP contribution is -2.45. The second kappa shape index (κ2) is 6.62. The largest absolute Gasteiger partial charge is 0.388 e. The van der Waals surface area contributed by atoms with Crippen molar-refractivity contribution >= 4 is 17.6 Å². The molecule has 2 rings (SSSR count). The van der Waals surface area contributed by atoms with E-state index in [9.17, 15) is 14.3 Å². The summed E-state index contributed by atoms with van der Waals surface area (Å²) in [6.07, 6.45) is 3.40. The summed E-state index contributed by atoms with van der Waals surface area (Å²) in [5, 5.41) is 15.8. The predicted octanol–water partition coefficient (Wildman–Crippen LogP) is 3.14. The van der Waals surface area contributed by atoms with Crippen molar-refractivity contribution in [2.75, 3.05) is 6.54 Å². The molecular weight excluding hydrogens is 295 g/mol. The minimum absolute atomic E-state index is 0.239.